The molecule has 1 aromatic rings. The zero-order valence-corrected chi connectivity index (χ0v) is 16.9. The van der Waals surface area contributed by atoms with E-state index in [0.717, 1.165) is 25.0 Å². The summed E-state index contributed by atoms with van der Waals surface area (Å²) in [5.74, 6) is 1.84. The van der Waals surface area contributed by atoms with Crippen molar-refractivity contribution in [3.05, 3.63) is 35.8 Å². The fourth-order valence-corrected chi connectivity index (χ4v) is 5.53. The summed E-state index contributed by atoms with van der Waals surface area (Å²) in [5, 5.41) is 3.57. The first kappa shape index (κ1) is 18.8. The van der Waals surface area contributed by atoms with Gasteiger partial charge in [-0.1, -0.05) is 31.9 Å². The van der Waals surface area contributed by atoms with Gasteiger partial charge in [0.1, 0.15) is 11.9 Å². The van der Waals surface area contributed by atoms with E-state index in [0.29, 0.717) is 18.5 Å². The Labute approximate surface area is 162 Å². The molecule has 148 valence electrons. The standard InChI is InChI=1S/C23H33NO3/c1-15-6-4-10-23(3)13-21-18(12-20(15)23)19(22(25)27-21)14-24-16(2)8-9-17-7-5-11-26-17/h5,7,11-12,15-16,18-19,21,24H,4,6,8-10,13-14H2,1-3H3/t15-,16+,18-,19-,21+,23-/m0/s1. The number of aryl methyl sites for hydroxylation is 1. The molecule has 27 heavy (non-hydrogen) atoms. The van der Waals surface area contributed by atoms with Crippen molar-refractivity contribution >= 4 is 5.97 Å². The van der Waals surface area contributed by atoms with Crippen molar-refractivity contribution in [1.29, 1.82) is 0 Å². The number of hydrogen-bond donors (Lipinski definition) is 1. The summed E-state index contributed by atoms with van der Waals surface area (Å²) in [5.41, 5.74) is 1.82. The summed E-state index contributed by atoms with van der Waals surface area (Å²) in [6, 6.07) is 4.29. The van der Waals surface area contributed by atoms with Crippen LogP contribution in [0, 0.1) is 23.2 Å². The van der Waals surface area contributed by atoms with Gasteiger partial charge in [0.05, 0.1) is 12.2 Å². The van der Waals surface area contributed by atoms with Gasteiger partial charge in [-0.25, -0.2) is 0 Å². The number of carbonyl (C=O) groups is 1. The molecule has 2 fully saturated rings. The van der Waals surface area contributed by atoms with Crippen LogP contribution in [0.5, 0.6) is 0 Å². The fraction of sp³-hybridized carbons (Fsp3) is 0.696. The maximum atomic E-state index is 12.6. The van der Waals surface area contributed by atoms with Crippen LogP contribution >= 0.6 is 0 Å². The summed E-state index contributed by atoms with van der Waals surface area (Å²) in [7, 11) is 0. The lowest BCUT2D eigenvalue weighted by atomic mass is 9.59. The first-order chi connectivity index (χ1) is 13.0. The van der Waals surface area contributed by atoms with E-state index in [4.69, 9.17) is 9.15 Å². The van der Waals surface area contributed by atoms with Crippen molar-refractivity contribution in [3.63, 3.8) is 0 Å². The van der Waals surface area contributed by atoms with Crippen LogP contribution in [0.15, 0.2) is 34.5 Å². The molecule has 0 radical (unpaired) electrons. The molecule has 2 aliphatic carbocycles. The van der Waals surface area contributed by atoms with Crippen molar-refractivity contribution in [2.24, 2.45) is 23.2 Å². The number of nitrogens with one attached hydrogen (secondary N) is 1. The summed E-state index contributed by atoms with van der Waals surface area (Å²) < 4.78 is 11.2. The maximum Gasteiger partial charge on any atom is 0.311 e. The Morgan fingerprint density at radius 1 is 1.41 bits per heavy atom. The quantitative estimate of drug-likeness (QED) is 0.591. The van der Waals surface area contributed by atoms with Gasteiger partial charge in [0.15, 0.2) is 0 Å². The lowest BCUT2D eigenvalue weighted by Crippen LogP contribution is -2.41. The van der Waals surface area contributed by atoms with Gasteiger partial charge in [-0.2, -0.15) is 0 Å². The van der Waals surface area contributed by atoms with Crippen molar-refractivity contribution in [2.75, 3.05) is 6.54 Å². The van der Waals surface area contributed by atoms with Crippen molar-refractivity contribution in [3.8, 4) is 0 Å². The van der Waals surface area contributed by atoms with Gasteiger partial charge in [-0.3, -0.25) is 4.79 Å². The van der Waals surface area contributed by atoms with Gasteiger partial charge in [-0.05, 0) is 56.1 Å². The summed E-state index contributed by atoms with van der Waals surface area (Å²) >= 11 is 0. The van der Waals surface area contributed by atoms with Gasteiger partial charge >= 0.3 is 5.97 Å². The molecular formula is C23H33NO3. The average molecular weight is 372 g/mol. The Kier molecular flexibility index (Phi) is 5.19. The number of allylic oxidation sites excluding steroid dienone is 1. The van der Waals surface area contributed by atoms with Crippen molar-refractivity contribution < 1.29 is 13.9 Å². The maximum absolute atomic E-state index is 12.6. The van der Waals surface area contributed by atoms with Gasteiger partial charge in [0, 0.05) is 24.9 Å². The number of furan rings is 1. The zero-order valence-electron chi connectivity index (χ0n) is 16.9. The van der Waals surface area contributed by atoms with E-state index in [2.05, 4.69) is 32.2 Å². The molecule has 4 rings (SSSR count). The minimum atomic E-state index is -0.0489. The van der Waals surface area contributed by atoms with Crippen molar-refractivity contribution in [2.45, 2.75) is 71.4 Å². The molecule has 3 aliphatic rings. The predicted molar refractivity (Wildman–Crippen MR) is 105 cm³/mol. The average Bonchev–Trinajstić information content (AvgIpc) is 3.23. The van der Waals surface area contributed by atoms with Crippen LogP contribution in [-0.2, 0) is 16.0 Å². The highest BCUT2D eigenvalue weighted by Crippen LogP contribution is 2.53. The van der Waals surface area contributed by atoms with E-state index in [-0.39, 0.29) is 29.3 Å². The fourth-order valence-electron chi connectivity index (χ4n) is 5.53. The first-order valence-electron chi connectivity index (χ1n) is 10.6. The number of ether oxygens (including phenoxy) is 1. The molecule has 4 nitrogen and oxygen atoms in total. The van der Waals surface area contributed by atoms with E-state index in [1.54, 1.807) is 11.8 Å². The molecule has 1 aromatic heterocycles. The lowest BCUT2D eigenvalue weighted by Gasteiger charge is -2.46. The first-order valence-corrected chi connectivity index (χ1v) is 10.6. The minimum absolute atomic E-state index is 0.0116. The molecule has 1 N–H and O–H groups in total. The molecule has 0 bridgehead atoms. The Balaban J connectivity index is 1.39. The second-order valence-corrected chi connectivity index (χ2v) is 9.27. The van der Waals surface area contributed by atoms with Crippen LogP contribution in [0.2, 0.25) is 0 Å². The Bertz CT molecular complexity index is 694. The summed E-state index contributed by atoms with van der Waals surface area (Å²) in [6.07, 6.45) is 10.9. The predicted octanol–water partition coefficient (Wildman–Crippen LogP) is 4.50. The van der Waals surface area contributed by atoms with Gasteiger partial charge in [0.25, 0.3) is 0 Å². The molecule has 4 heteroatoms. The minimum Gasteiger partial charge on any atom is -0.469 e. The molecule has 6 atom stereocenters. The SMILES string of the molecule is C[C@H](CCc1ccco1)NC[C@@H]1C(=O)O[C@@H]2C[C@]3(C)CCC[C@H](C)C3=C[C@@H]12. The Hall–Kier alpha value is -1.55. The number of rotatable bonds is 6. The third-order valence-electron chi connectivity index (χ3n) is 7.17. The van der Waals surface area contributed by atoms with Crippen LogP contribution in [-0.4, -0.2) is 24.7 Å². The number of esters is 1. The molecule has 1 saturated carbocycles. The van der Waals surface area contributed by atoms with Crippen LogP contribution < -0.4 is 5.32 Å². The summed E-state index contributed by atoms with van der Waals surface area (Å²) in [6.45, 7) is 7.61. The zero-order chi connectivity index (χ0) is 19.0. The van der Waals surface area contributed by atoms with E-state index in [9.17, 15) is 4.79 Å². The van der Waals surface area contributed by atoms with Gasteiger partial charge in [0.2, 0.25) is 0 Å². The third-order valence-corrected chi connectivity index (χ3v) is 7.17. The number of hydrogen-bond acceptors (Lipinski definition) is 4. The third kappa shape index (κ3) is 3.73. The molecular weight excluding hydrogens is 338 g/mol. The lowest BCUT2D eigenvalue weighted by molar-refractivity contribution is -0.145. The highest BCUT2D eigenvalue weighted by molar-refractivity contribution is 5.76. The van der Waals surface area contributed by atoms with E-state index in [1.165, 1.54) is 19.3 Å². The molecule has 0 unspecified atom stereocenters. The Morgan fingerprint density at radius 3 is 3.04 bits per heavy atom. The largest absolute Gasteiger partial charge is 0.469 e. The second-order valence-electron chi connectivity index (χ2n) is 9.27. The van der Waals surface area contributed by atoms with Crippen molar-refractivity contribution in [1.82, 2.24) is 5.32 Å². The molecule has 0 spiro atoms. The number of fused-ring (bicyclic) bond motifs is 2. The van der Waals surface area contributed by atoms with E-state index >= 15 is 0 Å². The van der Waals surface area contributed by atoms with E-state index in [1.807, 2.05) is 12.1 Å². The number of carbonyl (C=O) groups excluding carboxylic acids is 1. The topological polar surface area (TPSA) is 51.5 Å². The highest BCUT2D eigenvalue weighted by Gasteiger charge is 2.51. The Morgan fingerprint density at radius 2 is 2.26 bits per heavy atom. The van der Waals surface area contributed by atoms with Gasteiger partial charge < -0.3 is 14.5 Å². The van der Waals surface area contributed by atoms with Crippen LogP contribution in [0.25, 0.3) is 0 Å². The normalized spacial score (nSPS) is 36.6. The van der Waals surface area contributed by atoms with Crippen LogP contribution in [0.1, 0.15) is 58.6 Å². The molecule has 0 aromatic carbocycles. The van der Waals surface area contributed by atoms with Crippen LogP contribution in [0.3, 0.4) is 0 Å². The molecule has 2 heterocycles. The molecule has 1 aliphatic heterocycles. The molecule has 0 amide bonds. The smallest absolute Gasteiger partial charge is 0.311 e. The molecule has 1 saturated heterocycles. The summed E-state index contributed by atoms with van der Waals surface area (Å²) in [4.78, 5) is 12.6. The van der Waals surface area contributed by atoms with Crippen LogP contribution in [0.4, 0.5) is 0 Å². The second kappa shape index (κ2) is 7.46. The van der Waals surface area contributed by atoms with E-state index < -0.39 is 0 Å². The monoisotopic (exact) mass is 371 g/mol. The highest BCUT2D eigenvalue weighted by atomic mass is 16.6. The van der Waals surface area contributed by atoms with Gasteiger partial charge in [-0.15, -0.1) is 0 Å².